The molecular formula is C15H17N3O2S. The van der Waals surface area contributed by atoms with E-state index in [2.05, 4.69) is 9.97 Å². The molecule has 0 spiro atoms. The van der Waals surface area contributed by atoms with Crippen molar-refractivity contribution in [3.05, 3.63) is 54.1 Å². The second-order valence-electron chi connectivity index (χ2n) is 5.17. The first-order valence-corrected chi connectivity index (χ1v) is 8.38. The number of sulfonamides is 1. The molecule has 0 bridgehead atoms. The summed E-state index contributed by atoms with van der Waals surface area (Å²) < 4.78 is 27.1. The molecule has 2 aromatic rings. The lowest BCUT2D eigenvalue weighted by Crippen LogP contribution is -2.31. The minimum Gasteiger partial charge on any atom is -0.261 e. The molecule has 0 amide bonds. The van der Waals surface area contributed by atoms with E-state index in [1.165, 1.54) is 0 Å². The Balaban J connectivity index is 1.98. The third kappa shape index (κ3) is 2.69. The summed E-state index contributed by atoms with van der Waals surface area (Å²) in [5.74, 6) is 0. The summed E-state index contributed by atoms with van der Waals surface area (Å²) in [7, 11) is -3.48. The van der Waals surface area contributed by atoms with E-state index >= 15 is 0 Å². The van der Waals surface area contributed by atoms with Crippen molar-refractivity contribution < 1.29 is 8.42 Å². The van der Waals surface area contributed by atoms with E-state index in [4.69, 9.17) is 0 Å². The van der Waals surface area contributed by atoms with Gasteiger partial charge in [-0.05, 0) is 31.9 Å². The predicted molar refractivity (Wildman–Crippen MR) is 79.1 cm³/mol. The first kappa shape index (κ1) is 14.2. The van der Waals surface area contributed by atoms with Gasteiger partial charge in [-0.25, -0.2) is 8.42 Å². The van der Waals surface area contributed by atoms with Gasteiger partial charge in [-0.1, -0.05) is 18.2 Å². The molecule has 0 N–H and O–H groups in total. The van der Waals surface area contributed by atoms with Crippen LogP contribution in [0.1, 0.15) is 30.3 Å². The van der Waals surface area contributed by atoms with Crippen molar-refractivity contribution in [2.24, 2.45) is 0 Å². The normalized spacial score (nSPS) is 19.8. The lowest BCUT2D eigenvalue weighted by Gasteiger charge is -2.23. The maximum absolute atomic E-state index is 12.8. The zero-order chi connectivity index (χ0) is 14.9. The summed E-state index contributed by atoms with van der Waals surface area (Å²) in [5.41, 5.74) is 1.53. The predicted octanol–water partition coefficient (Wildman–Crippen LogP) is 2.31. The summed E-state index contributed by atoms with van der Waals surface area (Å²) in [4.78, 5) is 8.91. The quantitative estimate of drug-likeness (QED) is 0.873. The number of hydrogen-bond acceptors (Lipinski definition) is 4. The largest absolute Gasteiger partial charge is 0.261 e. The Morgan fingerprint density at radius 1 is 1.19 bits per heavy atom. The van der Waals surface area contributed by atoms with E-state index in [9.17, 15) is 8.42 Å². The molecule has 0 radical (unpaired) electrons. The molecule has 1 fully saturated rings. The highest BCUT2D eigenvalue weighted by molar-refractivity contribution is 7.89. The second-order valence-corrected chi connectivity index (χ2v) is 7.06. The maximum atomic E-state index is 12.8. The second kappa shape index (κ2) is 5.54. The Kier molecular flexibility index (Phi) is 3.73. The Bertz CT molecular complexity index is 732. The summed E-state index contributed by atoms with van der Waals surface area (Å²) >= 11 is 0. The number of rotatable bonds is 3. The number of aryl methyl sites for hydroxylation is 1. The van der Waals surface area contributed by atoms with Gasteiger partial charge in [0.05, 0.1) is 28.5 Å². The zero-order valence-electron chi connectivity index (χ0n) is 11.8. The molecular weight excluding hydrogens is 286 g/mol. The smallest absolute Gasteiger partial charge is 0.243 e. The fourth-order valence-electron chi connectivity index (χ4n) is 2.69. The van der Waals surface area contributed by atoms with Gasteiger partial charge in [0.1, 0.15) is 0 Å². The fraction of sp³-hybridized carbons (Fsp3) is 0.333. The van der Waals surface area contributed by atoms with Crippen LogP contribution in [0.4, 0.5) is 0 Å². The van der Waals surface area contributed by atoms with Crippen LogP contribution in [0.3, 0.4) is 0 Å². The lowest BCUT2D eigenvalue weighted by molar-refractivity contribution is 0.389. The van der Waals surface area contributed by atoms with E-state index in [-0.39, 0.29) is 6.04 Å². The van der Waals surface area contributed by atoms with Gasteiger partial charge in [0, 0.05) is 12.7 Å². The average molecular weight is 303 g/mol. The SMILES string of the molecule is Cc1cncc([C@@H]2CCCN2S(=O)(=O)c2ccccc2)n1. The van der Waals surface area contributed by atoms with Crippen LogP contribution in [-0.4, -0.2) is 29.2 Å². The van der Waals surface area contributed by atoms with Gasteiger partial charge in [-0.3, -0.25) is 9.97 Å². The molecule has 2 heterocycles. The average Bonchev–Trinajstić information content (AvgIpc) is 2.98. The van der Waals surface area contributed by atoms with Crippen LogP contribution < -0.4 is 0 Å². The standard InChI is InChI=1S/C15H17N3O2S/c1-12-10-16-11-14(17-12)15-8-5-9-18(15)21(19,20)13-6-3-2-4-7-13/h2-4,6-7,10-11,15H,5,8-9H2,1H3/t15-/m0/s1. The Morgan fingerprint density at radius 2 is 1.95 bits per heavy atom. The summed E-state index contributed by atoms with van der Waals surface area (Å²) in [6, 6.07) is 8.34. The Hall–Kier alpha value is -1.79. The van der Waals surface area contributed by atoms with Crippen LogP contribution in [0.15, 0.2) is 47.6 Å². The molecule has 5 nitrogen and oxygen atoms in total. The number of benzene rings is 1. The molecule has 1 atom stereocenters. The van der Waals surface area contributed by atoms with Crippen molar-refractivity contribution in [1.82, 2.24) is 14.3 Å². The molecule has 3 rings (SSSR count). The molecule has 0 aliphatic carbocycles. The first-order valence-electron chi connectivity index (χ1n) is 6.94. The minimum atomic E-state index is -3.48. The van der Waals surface area contributed by atoms with Gasteiger partial charge in [0.15, 0.2) is 0 Å². The molecule has 1 aromatic carbocycles. The van der Waals surface area contributed by atoms with Crippen molar-refractivity contribution in [1.29, 1.82) is 0 Å². The van der Waals surface area contributed by atoms with Crippen LogP contribution >= 0.6 is 0 Å². The molecule has 110 valence electrons. The number of aromatic nitrogens is 2. The lowest BCUT2D eigenvalue weighted by atomic mass is 10.2. The Morgan fingerprint density at radius 3 is 2.67 bits per heavy atom. The molecule has 1 saturated heterocycles. The molecule has 21 heavy (non-hydrogen) atoms. The highest BCUT2D eigenvalue weighted by atomic mass is 32.2. The fourth-order valence-corrected chi connectivity index (χ4v) is 4.38. The number of hydrogen-bond donors (Lipinski definition) is 0. The van der Waals surface area contributed by atoms with Gasteiger partial charge in [-0.15, -0.1) is 0 Å². The van der Waals surface area contributed by atoms with Gasteiger partial charge >= 0.3 is 0 Å². The monoisotopic (exact) mass is 303 g/mol. The molecule has 0 unspecified atom stereocenters. The highest BCUT2D eigenvalue weighted by Crippen LogP contribution is 2.35. The van der Waals surface area contributed by atoms with Crippen molar-refractivity contribution in [3.63, 3.8) is 0 Å². The molecule has 1 aliphatic rings. The summed E-state index contributed by atoms with van der Waals surface area (Å²) in [6.45, 7) is 2.39. The molecule has 1 aromatic heterocycles. The summed E-state index contributed by atoms with van der Waals surface area (Å²) in [6.07, 6.45) is 4.96. The van der Waals surface area contributed by atoms with Crippen LogP contribution in [0.25, 0.3) is 0 Å². The van der Waals surface area contributed by atoms with Crippen molar-refractivity contribution in [3.8, 4) is 0 Å². The van der Waals surface area contributed by atoms with Crippen LogP contribution in [-0.2, 0) is 10.0 Å². The third-order valence-electron chi connectivity index (χ3n) is 3.67. The van der Waals surface area contributed by atoms with E-state index in [0.29, 0.717) is 11.4 Å². The van der Waals surface area contributed by atoms with Crippen molar-refractivity contribution >= 4 is 10.0 Å². The molecule has 1 aliphatic heterocycles. The Labute approximate surface area is 124 Å². The number of nitrogens with zero attached hydrogens (tertiary/aromatic N) is 3. The molecule has 6 heteroatoms. The van der Waals surface area contributed by atoms with Gasteiger partial charge < -0.3 is 0 Å². The van der Waals surface area contributed by atoms with Crippen LogP contribution in [0.5, 0.6) is 0 Å². The topological polar surface area (TPSA) is 63.2 Å². The van der Waals surface area contributed by atoms with E-state index in [0.717, 1.165) is 24.2 Å². The first-order chi connectivity index (χ1) is 10.1. The van der Waals surface area contributed by atoms with E-state index in [1.807, 2.05) is 13.0 Å². The zero-order valence-corrected chi connectivity index (χ0v) is 12.6. The van der Waals surface area contributed by atoms with Crippen LogP contribution in [0, 0.1) is 6.92 Å². The maximum Gasteiger partial charge on any atom is 0.243 e. The third-order valence-corrected chi connectivity index (χ3v) is 5.59. The van der Waals surface area contributed by atoms with E-state index in [1.54, 1.807) is 41.0 Å². The van der Waals surface area contributed by atoms with Crippen molar-refractivity contribution in [2.75, 3.05) is 6.54 Å². The van der Waals surface area contributed by atoms with Crippen molar-refractivity contribution in [2.45, 2.75) is 30.7 Å². The van der Waals surface area contributed by atoms with Gasteiger partial charge in [-0.2, -0.15) is 4.31 Å². The van der Waals surface area contributed by atoms with E-state index < -0.39 is 10.0 Å². The van der Waals surface area contributed by atoms with Crippen LogP contribution in [0.2, 0.25) is 0 Å². The highest BCUT2D eigenvalue weighted by Gasteiger charge is 2.36. The summed E-state index contributed by atoms with van der Waals surface area (Å²) in [5, 5.41) is 0. The molecule has 0 saturated carbocycles. The van der Waals surface area contributed by atoms with Gasteiger partial charge in [0.2, 0.25) is 10.0 Å². The minimum absolute atomic E-state index is 0.220. The van der Waals surface area contributed by atoms with Gasteiger partial charge in [0.25, 0.3) is 0 Å².